The minimum atomic E-state index is 0. The molecule has 0 fully saturated rings. The Morgan fingerprint density at radius 2 is 2.11 bits per heavy atom. The number of nitrogens with zero attached hydrogens (tertiary/aromatic N) is 3. The van der Waals surface area contributed by atoms with Crippen molar-refractivity contribution in [2.24, 2.45) is 5.11 Å². The monoisotopic (exact) mass is 133 g/mol. The molecule has 0 spiro atoms. The van der Waals surface area contributed by atoms with Gasteiger partial charge in [-0.15, -0.1) is 0 Å². The van der Waals surface area contributed by atoms with Crippen LogP contribution in [0.15, 0.2) is 5.11 Å². The van der Waals surface area contributed by atoms with Crippen LogP contribution >= 0.6 is 0 Å². The summed E-state index contributed by atoms with van der Waals surface area (Å²) in [6.07, 6.45) is 3.38. The topological polar surface area (TPSA) is 48.8 Å². The van der Waals surface area contributed by atoms with Crippen molar-refractivity contribution >= 4 is 0 Å². The predicted molar refractivity (Wildman–Crippen MR) is 36.0 cm³/mol. The first-order valence-electron chi connectivity index (χ1n) is 2.92. The second-order valence-corrected chi connectivity index (χ2v) is 1.66. The Morgan fingerprint density at radius 1 is 1.44 bits per heavy atom. The van der Waals surface area contributed by atoms with Gasteiger partial charge in [-0.25, -0.2) is 0 Å². The van der Waals surface area contributed by atoms with Gasteiger partial charge in [0.2, 0.25) is 0 Å². The Balaban J connectivity index is 0. The molecule has 0 radical (unpaired) electrons. The average Bonchev–Trinajstić information content (AvgIpc) is 1.81. The van der Waals surface area contributed by atoms with E-state index >= 15 is 0 Å². The van der Waals surface area contributed by atoms with E-state index in [0.717, 1.165) is 6.42 Å². The van der Waals surface area contributed by atoms with Crippen molar-refractivity contribution in [3.8, 4) is 0 Å². The molecule has 4 heteroatoms. The molecule has 0 saturated heterocycles. The molecule has 0 N–H and O–H groups in total. The molecule has 0 rings (SSSR count). The van der Waals surface area contributed by atoms with E-state index in [4.69, 9.17) is 5.53 Å². The van der Waals surface area contributed by atoms with Crippen molar-refractivity contribution in [3.05, 3.63) is 10.4 Å². The molecule has 0 aromatic heterocycles. The van der Waals surface area contributed by atoms with E-state index in [1.807, 2.05) is 0 Å². The van der Waals surface area contributed by atoms with Crippen LogP contribution in [-0.4, -0.2) is 6.54 Å². The lowest BCUT2D eigenvalue weighted by Gasteiger charge is -1.86. The maximum Gasteiger partial charge on any atom is 0.0257 e. The molecule has 9 heavy (non-hydrogen) atoms. The van der Waals surface area contributed by atoms with Gasteiger partial charge in [-0.1, -0.05) is 24.9 Å². The minimum absolute atomic E-state index is 0. The van der Waals surface area contributed by atoms with E-state index in [0.29, 0.717) is 6.54 Å². The maximum atomic E-state index is 7.82. The average molecular weight is 133 g/mol. The molecule has 0 aliphatic rings. The number of rotatable bonds is 4. The zero-order valence-corrected chi connectivity index (χ0v) is 5.58. The van der Waals surface area contributed by atoms with E-state index in [9.17, 15) is 0 Å². The van der Waals surface area contributed by atoms with Crippen LogP contribution in [0.3, 0.4) is 0 Å². The van der Waals surface area contributed by atoms with Crippen LogP contribution in [0, 0.1) is 0 Å². The second kappa shape index (κ2) is 10.3. The lowest BCUT2D eigenvalue weighted by molar-refractivity contribution is 0.725. The maximum absolute atomic E-state index is 7.82. The normalized spacial score (nSPS) is 7.22. The number of azide groups is 1. The fourth-order valence-electron chi connectivity index (χ4n) is 0.477. The van der Waals surface area contributed by atoms with Gasteiger partial charge in [-0.05, 0) is 12.0 Å². The zero-order valence-electron chi connectivity index (χ0n) is 5.58. The first-order valence-corrected chi connectivity index (χ1v) is 2.92. The van der Waals surface area contributed by atoms with Crippen molar-refractivity contribution < 1.29 is 4.70 Å². The highest BCUT2D eigenvalue weighted by Crippen LogP contribution is 1.92. The van der Waals surface area contributed by atoms with Crippen LogP contribution in [0.5, 0.6) is 0 Å². The Morgan fingerprint density at radius 3 is 2.56 bits per heavy atom. The molecular weight excluding hydrogens is 121 g/mol. The summed E-state index contributed by atoms with van der Waals surface area (Å²) in [5, 5.41) is 3.39. The molecule has 0 aromatic rings. The van der Waals surface area contributed by atoms with Gasteiger partial charge in [0, 0.05) is 11.5 Å². The molecule has 0 saturated carbocycles. The summed E-state index contributed by atoms with van der Waals surface area (Å²) in [4.78, 5) is 2.63. The van der Waals surface area contributed by atoms with Crippen LogP contribution in [0.1, 0.15) is 26.2 Å². The van der Waals surface area contributed by atoms with Crippen LogP contribution < -0.4 is 0 Å². The van der Waals surface area contributed by atoms with Crippen molar-refractivity contribution in [2.45, 2.75) is 26.2 Å². The van der Waals surface area contributed by atoms with Gasteiger partial charge in [0.25, 0.3) is 0 Å². The predicted octanol–water partition coefficient (Wildman–Crippen LogP) is 2.64. The lowest BCUT2D eigenvalue weighted by Crippen LogP contribution is -1.76. The van der Waals surface area contributed by atoms with Gasteiger partial charge in [-0.3, -0.25) is 4.70 Å². The summed E-state index contributed by atoms with van der Waals surface area (Å²) in [5.41, 5.74) is 7.82. The van der Waals surface area contributed by atoms with Crippen molar-refractivity contribution in [1.82, 2.24) is 0 Å². The van der Waals surface area contributed by atoms with Crippen LogP contribution in [0.25, 0.3) is 10.4 Å². The zero-order chi connectivity index (χ0) is 6.24. The van der Waals surface area contributed by atoms with E-state index in [1.54, 1.807) is 0 Å². The fraction of sp³-hybridized carbons (Fsp3) is 1.00. The number of unbranched alkanes of at least 4 members (excludes halogenated alkanes) is 2. The third kappa shape index (κ3) is 11.1. The summed E-state index contributed by atoms with van der Waals surface area (Å²) in [6, 6.07) is 0. The minimum Gasteiger partial charge on any atom is -0.269 e. The highest BCUT2D eigenvalue weighted by atomic mass is 19.0. The molecule has 0 aliphatic heterocycles. The Bertz CT molecular complexity index is 88.2. The van der Waals surface area contributed by atoms with Crippen molar-refractivity contribution in [3.63, 3.8) is 0 Å². The first kappa shape index (κ1) is 11.1. The highest BCUT2D eigenvalue weighted by molar-refractivity contribution is 4.45. The Kier molecular flexibility index (Phi) is 12.7. The van der Waals surface area contributed by atoms with Crippen LogP contribution in [0.4, 0.5) is 4.70 Å². The third-order valence-electron chi connectivity index (χ3n) is 0.925. The summed E-state index contributed by atoms with van der Waals surface area (Å²) in [6.45, 7) is 2.78. The molecule has 0 aromatic carbocycles. The summed E-state index contributed by atoms with van der Waals surface area (Å²) in [7, 11) is 0. The lowest BCUT2D eigenvalue weighted by atomic mass is 10.3. The molecular formula is C5H12FN3. The van der Waals surface area contributed by atoms with E-state index in [1.165, 1.54) is 12.8 Å². The summed E-state index contributed by atoms with van der Waals surface area (Å²) < 4.78 is 0. The molecule has 0 bridgehead atoms. The van der Waals surface area contributed by atoms with Crippen LogP contribution in [-0.2, 0) is 0 Å². The molecule has 3 nitrogen and oxygen atoms in total. The van der Waals surface area contributed by atoms with Gasteiger partial charge < -0.3 is 0 Å². The molecule has 0 aliphatic carbocycles. The van der Waals surface area contributed by atoms with Gasteiger partial charge in [-0.2, -0.15) is 0 Å². The van der Waals surface area contributed by atoms with Gasteiger partial charge in [0.1, 0.15) is 0 Å². The Hall–Kier alpha value is -0.760. The van der Waals surface area contributed by atoms with Gasteiger partial charge in [0.15, 0.2) is 0 Å². The molecule has 0 atom stereocenters. The number of hydrogen-bond acceptors (Lipinski definition) is 1. The van der Waals surface area contributed by atoms with Crippen LogP contribution in [0.2, 0.25) is 0 Å². The molecule has 0 unspecified atom stereocenters. The molecule has 54 valence electrons. The number of hydrogen-bond donors (Lipinski definition) is 0. The first-order chi connectivity index (χ1) is 3.91. The summed E-state index contributed by atoms with van der Waals surface area (Å²) >= 11 is 0. The quantitative estimate of drug-likeness (QED) is 0.245. The Labute approximate surface area is 54.1 Å². The SMILES string of the molecule is CCCCCN=[N+]=[N-].F. The highest BCUT2D eigenvalue weighted by Gasteiger charge is 1.79. The van der Waals surface area contributed by atoms with Gasteiger partial charge >= 0.3 is 0 Å². The van der Waals surface area contributed by atoms with E-state index in [2.05, 4.69) is 16.9 Å². The molecule has 0 amide bonds. The third-order valence-corrected chi connectivity index (χ3v) is 0.925. The fourth-order valence-corrected chi connectivity index (χ4v) is 0.477. The van der Waals surface area contributed by atoms with Crippen molar-refractivity contribution in [1.29, 1.82) is 0 Å². The van der Waals surface area contributed by atoms with E-state index in [-0.39, 0.29) is 4.70 Å². The number of halogens is 1. The molecule has 0 heterocycles. The largest absolute Gasteiger partial charge is 0.269 e. The standard InChI is InChI=1S/C5H11N3.FH/c1-2-3-4-5-7-8-6;/h2-5H2,1H3;1H. The smallest absolute Gasteiger partial charge is 0.0257 e. The second-order valence-electron chi connectivity index (χ2n) is 1.66. The van der Waals surface area contributed by atoms with E-state index < -0.39 is 0 Å². The van der Waals surface area contributed by atoms with Gasteiger partial charge in [0.05, 0.1) is 0 Å². The summed E-state index contributed by atoms with van der Waals surface area (Å²) in [5.74, 6) is 0. The van der Waals surface area contributed by atoms with Crippen molar-refractivity contribution in [2.75, 3.05) is 6.54 Å².